The van der Waals surface area contributed by atoms with Crippen LogP contribution in [0.15, 0.2) is 41.1 Å². The van der Waals surface area contributed by atoms with Crippen LogP contribution in [0.25, 0.3) is 11.0 Å². The average Bonchev–Trinajstić information content (AvgIpc) is 3.45. The molecule has 3 heterocycles. The third kappa shape index (κ3) is 4.46. The number of furan rings is 1. The predicted octanol–water partition coefficient (Wildman–Crippen LogP) is 1.88. The number of benzene rings is 1. The third-order valence-electron chi connectivity index (χ3n) is 5.89. The summed E-state index contributed by atoms with van der Waals surface area (Å²) in [6, 6.07) is 7.51. The monoisotopic (exact) mass is 425 g/mol. The maximum Gasteiger partial charge on any atom is 0.289 e. The summed E-state index contributed by atoms with van der Waals surface area (Å²) in [6.07, 6.45) is 5.24. The molecule has 1 unspecified atom stereocenters. The van der Waals surface area contributed by atoms with Crippen LogP contribution in [0.4, 0.5) is 0 Å². The van der Waals surface area contributed by atoms with E-state index in [-0.39, 0.29) is 30.4 Å². The van der Waals surface area contributed by atoms with Crippen LogP contribution in [0, 0.1) is 0 Å². The van der Waals surface area contributed by atoms with E-state index < -0.39 is 0 Å². The Balaban J connectivity index is 1.50. The van der Waals surface area contributed by atoms with Gasteiger partial charge in [0.05, 0.1) is 25.4 Å². The van der Waals surface area contributed by atoms with Crippen LogP contribution < -0.4 is 0 Å². The first kappa shape index (κ1) is 21.0. The summed E-state index contributed by atoms with van der Waals surface area (Å²) in [5.74, 6) is 0.296. The Morgan fingerprint density at radius 1 is 1.26 bits per heavy atom. The fraction of sp³-hybridized carbons (Fsp3) is 0.455. The molecule has 1 N–H and O–H groups in total. The molecule has 1 fully saturated rings. The minimum Gasteiger partial charge on any atom is -0.451 e. The maximum atomic E-state index is 12.9. The molecule has 9 heteroatoms. The highest BCUT2D eigenvalue weighted by molar-refractivity contribution is 5.96. The molecule has 3 aromatic rings. The second kappa shape index (κ2) is 8.89. The van der Waals surface area contributed by atoms with Crippen LogP contribution in [-0.4, -0.2) is 75.0 Å². The minimum atomic E-state index is -0.176. The average molecular weight is 425 g/mol. The molecular weight excluding hydrogens is 398 g/mol. The van der Waals surface area contributed by atoms with Gasteiger partial charge in [-0.2, -0.15) is 0 Å². The number of aliphatic hydroxyl groups excluding tert-OH is 1. The summed E-state index contributed by atoms with van der Waals surface area (Å²) in [4.78, 5) is 28.4. The molecule has 0 saturated carbocycles. The van der Waals surface area contributed by atoms with E-state index in [0.717, 1.165) is 23.8 Å². The number of amides is 2. The molecule has 1 saturated heterocycles. The van der Waals surface area contributed by atoms with Crippen molar-refractivity contribution in [3.05, 3.63) is 48.0 Å². The normalized spacial score (nSPS) is 19.0. The number of aryl methyl sites for hydroxylation is 1. The lowest BCUT2D eigenvalue weighted by Crippen LogP contribution is -2.48. The van der Waals surface area contributed by atoms with E-state index in [1.807, 2.05) is 18.2 Å². The van der Waals surface area contributed by atoms with Crippen molar-refractivity contribution in [3.63, 3.8) is 0 Å². The Morgan fingerprint density at radius 2 is 2.10 bits per heavy atom. The summed E-state index contributed by atoms with van der Waals surface area (Å²) in [5.41, 5.74) is 1.77. The number of nitrogens with zero attached hydrogens (tertiary/aromatic N) is 5. The van der Waals surface area contributed by atoms with E-state index in [1.165, 1.54) is 4.90 Å². The number of carbonyl (C=O) groups excluding carboxylic acids is 2. The van der Waals surface area contributed by atoms with Gasteiger partial charge in [0.15, 0.2) is 5.76 Å². The lowest BCUT2D eigenvalue weighted by Gasteiger charge is -2.39. The SMILES string of the molecule is CN(C)C(=O)c1cc2cc(C3CC[C@@H](CO)N(C(=O)CCn4ccnn4)C3)ccc2o1. The second-order valence-electron chi connectivity index (χ2n) is 8.18. The molecule has 0 spiro atoms. The predicted molar refractivity (Wildman–Crippen MR) is 113 cm³/mol. The van der Waals surface area contributed by atoms with E-state index in [4.69, 9.17) is 4.42 Å². The van der Waals surface area contributed by atoms with Gasteiger partial charge in [-0.15, -0.1) is 5.10 Å². The zero-order chi connectivity index (χ0) is 22.0. The van der Waals surface area contributed by atoms with Crippen LogP contribution in [0.1, 0.15) is 41.3 Å². The number of likely N-dealkylation sites (tertiary alicyclic amines) is 1. The van der Waals surface area contributed by atoms with Gasteiger partial charge in [0.25, 0.3) is 5.91 Å². The molecule has 0 aliphatic carbocycles. The molecule has 0 bridgehead atoms. The van der Waals surface area contributed by atoms with Crippen LogP contribution >= 0.6 is 0 Å². The van der Waals surface area contributed by atoms with Gasteiger partial charge in [-0.25, -0.2) is 0 Å². The first-order chi connectivity index (χ1) is 15.0. The minimum absolute atomic E-state index is 0.00232. The Labute approximate surface area is 180 Å². The van der Waals surface area contributed by atoms with Crippen LogP contribution in [0.5, 0.6) is 0 Å². The van der Waals surface area contributed by atoms with Crippen molar-refractivity contribution < 1.29 is 19.1 Å². The highest BCUT2D eigenvalue weighted by atomic mass is 16.3. The summed E-state index contributed by atoms with van der Waals surface area (Å²) < 4.78 is 7.32. The van der Waals surface area contributed by atoms with E-state index in [0.29, 0.717) is 30.9 Å². The number of fused-ring (bicyclic) bond motifs is 1. The Bertz CT molecular complexity index is 1060. The van der Waals surface area contributed by atoms with Gasteiger partial charge in [0.2, 0.25) is 5.91 Å². The third-order valence-corrected chi connectivity index (χ3v) is 5.89. The molecule has 2 aromatic heterocycles. The van der Waals surface area contributed by atoms with E-state index in [1.54, 1.807) is 42.1 Å². The van der Waals surface area contributed by atoms with Crippen molar-refractivity contribution in [2.24, 2.45) is 0 Å². The number of aromatic nitrogens is 3. The second-order valence-corrected chi connectivity index (χ2v) is 8.18. The fourth-order valence-electron chi connectivity index (χ4n) is 4.14. The summed E-state index contributed by atoms with van der Waals surface area (Å²) in [6.45, 7) is 0.967. The van der Waals surface area contributed by atoms with Gasteiger partial charge in [0, 0.05) is 44.6 Å². The van der Waals surface area contributed by atoms with Crippen LogP contribution in [0.2, 0.25) is 0 Å². The quantitative estimate of drug-likeness (QED) is 0.647. The smallest absolute Gasteiger partial charge is 0.289 e. The molecular formula is C22H27N5O4. The standard InChI is InChI=1S/C22H27N5O4/c1-25(2)22(30)20-12-17-11-15(4-6-19(17)31-20)16-3-5-18(14-28)27(13-16)21(29)7-9-26-10-8-23-24-26/h4,6,8,10-12,16,18,28H,3,5,7,9,13-14H2,1-2H3/t16?,18-/m0/s1. The zero-order valence-electron chi connectivity index (χ0n) is 17.8. The fourth-order valence-corrected chi connectivity index (χ4v) is 4.14. The van der Waals surface area contributed by atoms with E-state index >= 15 is 0 Å². The highest BCUT2D eigenvalue weighted by Crippen LogP contribution is 2.33. The number of rotatable bonds is 6. The zero-order valence-corrected chi connectivity index (χ0v) is 17.8. The molecule has 9 nitrogen and oxygen atoms in total. The molecule has 2 amide bonds. The molecule has 1 aliphatic heterocycles. The maximum absolute atomic E-state index is 12.9. The van der Waals surface area contributed by atoms with Crippen LogP contribution in [-0.2, 0) is 11.3 Å². The van der Waals surface area contributed by atoms with Crippen molar-refractivity contribution in [3.8, 4) is 0 Å². The van der Waals surface area contributed by atoms with Gasteiger partial charge in [-0.1, -0.05) is 11.3 Å². The highest BCUT2D eigenvalue weighted by Gasteiger charge is 2.32. The van der Waals surface area contributed by atoms with Crippen molar-refractivity contribution in [1.82, 2.24) is 24.8 Å². The number of carbonyl (C=O) groups is 2. The first-order valence-electron chi connectivity index (χ1n) is 10.5. The van der Waals surface area contributed by atoms with Crippen molar-refractivity contribution in [1.29, 1.82) is 0 Å². The number of piperidine rings is 1. The largest absolute Gasteiger partial charge is 0.451 e. The Morgan fingerprint density at radius 3 is 2.81 bits per heavy atom. The molecule has 164 valence electrons. The lowest BCUT2D eigenvalue weighted by atomic mass is 9.87. The summed E-state index contributed by atoms with van der Waals surface area (Å²) in [5, 5.41) is 18.3. The Kier molecular flexibility index (Phi) is 6.03. The molecule has 31 heavy (non-hydrogen) atoms. The number of hydrogen-bond acceptors (Lipinski definition) is 6. The number of hydrogen-bond donors (Lipinski definition) is 1. The van der Waals surface area contributed by atoms with Gasteiger partial charge in [0.1, 0.15) is 5.58 Å². The van der Waals surface area contributed by atoms with Gasteiger partial charge in [-0.3, -0.25) is 14.3 Å². The van der Waals surface area contributed by atoms with Gasteiger partial charge < -0.3 is 19.3 Å². The van der Waals surface area contributed by atoms with Crippen LogP contribution in [0.3, 0.4) is 0 Å². The number of aliphatic hydroxyl groups is 1. The van der Waals surface area contributed by atoms with Gasteiger partial charge in [-0.05, 0) is 36.6 Å². The topological polar surface area (TPSA) is 105 Å². The van der Waals surface area contributed by atoms with Crippen molar-refractivity contribution in [2.45, 2.75) is 37.8 Å². The molecule has 0 radical (unpaired) electrons. The van der Waals surface area contributed by atoms with Gasteiger partial charge >= 0.3 is 0 Å². The van der Waals surface area contributed by atoms with E-state index in [9.17, 15) is 14.7 Å². The Hall–Kier alpha value is -3.20. The lowest BCUT2D eigenvalue weighted by molar-refractivity contribution is -0.136. The van der Waals surface area contributed by atoms with Crippen molar-refractivity contribution in [2.75, 3.05) is 27.2 Å². The van der Waals surface area contributed by atoms with E-state index in [2.05, 4.69) is 10.3 Å². The summed E-state index contributed by atoms with van der Waals surface area (Å²) in [7, 11) is 3.38. The first-order valence-corrected chi connectivity index (χ1v) is 10.5. The molecule has 4 rings (SSSR count). The molecule has 1 aromatic carbocycles. The molecule has 1 aliphatic rings. The molecule has 2 atom stereocenters. The summed E-state index contributed by atoms with van der Waals surface area (Å²) >= 11 is 0. The van der Waals surface area contributed by atoms with Crippen molar-refractivity contribution >= 4 is 22.8 Å².